The molecule has 0 aliphatic rings. The van der Waals surface area contributed by atoms with Gasteiger partial charge in [0.05, 0.1) is 0 Å². The molecule has 0 aromatic heterocycles. The Bertz CT molecular complexity index is 138. The van der Waals surface area contributed by atoms with Gasteiger partial charge < -0.3 is 11.5 Å². The molecule has 3 nitrogen and oxygen atoms in total. The summed E-state index contributed by atoms with van der Waals surface area (Å²) in [4.78, 5) is 10.2. The van der Waals surface area contributed by atoms with Gasteiger partial charge in [0.2, 0.25) is 5.91 Å². The van der Waals surface area contributed by atoms with Crippen LogP contribution in [-0.4, -0.2) is 5.91 Å². The van der Waals surface area contributed by atoms with Gasteiger partial charge in [0.15, 0.2) is 0 Å². The molecule has 4 N–H and O–H groups in total. The third-order valence-electron chi connectivity index (χ3n) is 0.976. The van der Waals surface area contributed by atoms with Gasteiger partial charge in [-0.25, -0.2) is 0 Å². The lowest BCUT2D eigenvalue weighted by molar-refractivity contribution is -0.113. The first-order chi connectivity index (χ1) is 4.04. The van der Waals surface area contributed by atoms with Crippen molar-refractivity contribution in [2.45, 2.75) is 13.8 Å². The quantitative estimate of drug-likeness (QED) is 0.513. The molecule has 0 rings (SSSR count). The molecule has 0 bridgehead atoms. The molecule has 1 amide bonds. The van der Waals surface area contributed by atoms with Crippen LogP contribution in [0.5, 0.6) is 0 Å². The summed E-state index contributed by atoms with van der Waals surface area (Å²) in [5.41, 5.74) is 10.7. The minimum atomic E-state index is -0.485. The normalized spacial score (nSPS) is 12.1. The zero-order chi connectivity index (χ0) is 7.44. The van der Waals surface area contributed by atoms with Crippen LogP contribution in [0.2, 0.25) is 0 Å². The van der Waals surface area contributed by atoms with Gasteiger partial charge in [-0.1, -0.05) is 13.8 Å². The molecule has 0 aliphatic heterocycles. The number of carbonyl (C=O) groups is 1. The molecule has 0 aromatic carbocycles. The van der Waals surface area contributed by atoms with E-state index in [1.165, 1.54) is 6.08 Å². The smallest absolute Gasteiger partial charge is 0.243 e. The van der Waals surface area contributed by atoms with Crippen LogP contribution in [0.3, 0.4) is 0 Å². The SMILES string of the molecule is CC(C)C(N)=CC(N)=O. The molecular formula is C6H12N2O. The van der Waals surface area contributed by atoms with E-state index in [-0.39, 0.29) is 5.92 Å². The number of carbonyl (C=O) groups excluding carboxylic acids is 1. The minimum absolute atomic E-state index is 0.192. The highest BCUT2D eigenvalue weighted by molar-refractivity contribution is 5.86. The van der Waals surface area contributed by atoms with Crippen molar-refractivity contribution in [3.63, 3.8) is 0 Å². The Morgan fingerprint density at radius 2 is 1.89 bits per heavy atom. The lowest BCUT2D eigenvalue weighted by Crippen LogP contribution is -2.13. The number of rotatable bonds is 2. The van der Waals surface area contributed by atoms with Gasteiger partial charge in [0.25, 0.3) is 0 Å². The summed E-state index contributed by atoms with van der Waals surface area (Å²) >= 11 is 0. The Labute approximate surface area is 54.7 Å². The predicted octanol–water partition coefficient (Wildman–Crippen LogP) is -0.0297. The summed E-state index contributed by atoms with van der Waals surface area (Å²) in [6, 6.07) is 0. The summed E-state index contributed by atoms with van der Waals surface area (Å²) in [7, 11) is 0. The second-order valence-corrected chi connectivity index (χ2v) is 2.20. The molecule has 0 fully saturated rings. The Morgan fingerprint density at radius 1 is 1.44 bits per heavy atom. The number of primary amides is 1. The second-order valence-electron chi connectivity index (χ2n) is 2.20. The third kappa shape index (κ3) is 3.58. The molecule has 0 heterocycles. The Morgan fingerprint density at radius 3 is 2.00 bits per heavy atom. The molecule has 0 saturated heterocycles. The van der Waals surface area contributed by atoms with Gasteiger partial charge in [0.1, 0.15) is 0 Å². The van der Waals surface area contributed by atoms with E-state index in [4.69, 9.17) is 11.5 Å². The number of hydrogen-bond donors (Lipinski definition) is 2. The summed E-state index contributed by atoms with van der Waals surface area (Å²) in [6.07, 6.45) is 1.24. The average molecular weight is 128 g/mol. The van der Waals surface area contributed by atoms with E-state index < -0.39 is 5.91 Å². The van der Waals surface area contributed by atoms with Crippen molar-refractivity contribution >= 4 is 5.91 Å². The number of allylic oxidation sites excluding steroid dienone is 1. The zero-order valence-corrected chi connectivity index (χ0v) is 5.72. The van der Waals surface area contributed by atoms with E-state index in [9.17, 15) is 4.79 Å². The zero-order valence-electron chi connectivity index (χ0n) is 5.72. The van der Waals surface area contributed by atoms with Crippen LogP contribution >= 0.6 is 0 Å². The van der Waals surface area contributed by atoms with E-state index >= 15 is 0 Å². The summed E-state index contributed by atoms with van der Waals surface area (Å²) in [6.45, 7) is 3.80. The maximum Gasteiger partial charge on any atom is 0.243 e. The standard InChI is InChI=1S/C6H12N2O/c1-4(2)5(7)3-6(8)9/h3-4H,7H2,1-2H3,(H2,8,9). The van der Waals surface area contributed by atoms with E-state index in [2.05, 4.69) is 0 Å². The number of amides is 1. The average Bonchev–Trinajstić information content (AvgIpc) is 1.63. The van der Waals surface area contributed by atoms with Crippen molar-refractivity contribution < 1.29 is 4.79 Å². The third-order valence-corrected chi connectivity index (χ3v) is 0.976. The maximum absolute atomic E-state index is 10.2. The predicted molar refractivity (Wildman–Crippen MR) is 36.3 cm³/mol. The monoisotopic (exact) mass is 128 g/mol. The van der Waals surface area contributed by atoms with E-state index in [1.807, 2.05) is 13.8 Å². The molecule has 0 unspecified atom stereocenters. The first-order valence-corrected chi connectivity index (χ1v) is 2.80. The maximum atomic E-state index is 10.2. The van der Waals surface area contributed by atoms with Gasteiger partial charge in [-0.05, 0) is 5.92 Å². The fourth-order valence-corrected chi connectivity index (χ4v) is 0.331. The number of nitrogens with two attached hydrogens (primary N) is 2. The summed E-state index contributed by atoms with van der Waals surface area (Å²) < 4.78 is 0. The highest BCUT2D eigenvalue weighted by Crippen LogP contribution is 1.99. The lowest BCUT2D eigenvalue weighted by Gasteiger charge is -2.01. The summed E-state index contributed by atoms with van der Waals surface area (Å²) in [5, 5.41) is 0. The second kappa shape index (κ2) is 3.12. The molecule has 3 heteroatoms. The topological polar surface area (TPSA) is 69.1 Å². The largest absolute Gasteiger partial charge is 0.402 e. The summed E-state index contributed by atoms with van der Waals surface area (Å²) in [5.74, 6) is -0.293. The fraction of sp³-hybridized carbons (Fsp3) is 0.500. The van der Waals surface area contributed by atoms with Crippen LogP contribution in [0.1, 0.15) is 13.8 Å². The van der Waals surface area contributed by atoms with Crippen molar-refractivity contribution in [3.05, 3.63) is 11.8 Å². The first-order valence-electron chi connectivity index (χ1n) is 2.80. The highest BCUT2D eigenvalue weighted by Gasteiger charge is 1.97. The van der Waals surface area contributed by atoms with E-state index in [0.29, 0.717) is 5.70 Å². The van der Waals surface area contributed by atoms with E-state index in [0.717, 1.165) is 0 Å². The molecular weight excluding hydrogens is 116 g/mol. The van der Waals surface area contributed by atoms with Crippen molar-refractivity contribution in [1.82, 2.24) is 0 Å². The van der Waals surface area contributed by atoms with Crippen LogP contribution < -0.4 is 11.5 Å². The van der Waals surface area contributed by atoms with Gasteiger partial charge in [-0.2, -0.15) is 0 Å². The Kier molecular flexibility index (Phi) is 2.78. The van der Waals surface area contributed by atoms with Gasteiger partial charge in [-0.3, -0.25) is 4.79 Å². The minimum Gasteiger partial charge on any atom is -0.402 e. The molecule has 0 radical (unpaired) electrons. The van der Waals surface area contributed by atoms with Crippen molar-refractivity contribution in [1.29, 1.82) is 0 Å². The molecule has 0 spiro atoms. The lowest BCUT2D eigenvalue weighted by atomic mass is 10.1. The Balaban J connectivity index is 4.00. The highest BCUT2D eigenvalue weighted by atomic mass is 16.1. The first kappa shape index (κ1) is 8.01. The van der Waals surface area contributed by atoms with Crippen LogP contribution in [0.25, 0.3) is 0 Å². The molecule has 0 aliphatic carbocycles. The van der Waals surface area contributed by atoms with Gasteiger partial charge >= 0.3 is 0 Å². The molecule has 0 saturated carbocycles. The molecule has 9 heavy (non-hydrogen) atoms. The van der Waals surface area contributed by atoms with Crippen molar-refractivity contribution in [2.75, 3.05) is 0 Å². The Hall–Kier alpha value is -0.990. The van der Waals surface area contributed by atoms with Crippen LogP contribution in [0, 0.1) is 5.92 Å². The van der Waals surface area contributed by atoms with Gasteiger partial charge in [-0.15, -0.1) is 0 Å². The molecule has 52 valence electrons. The van der Waals surface area contributed by atoms with Crippen molar-refractivity contribution in [3.8, 4) is 0 Å². The fourth-order valence-electron chi connectivity index (χ4n) is 0.331. The van der Waals surface area contributed by atoms with Crippen LogP contribution in [0.4, 0.5) is 0 Å². The number of hydrogen-bond acceptors (Lipinski definition) is 2. The molecule has 0 atom stereocenters. The van der Waals surface area contributed by atoms with Crippen molar-refractivity contribution in [2.24, 2.45) is 17.4 Å². The van der Waals surface area contributed by atoms with Crippen LogP contribution in [0.15, 0.2) is 11.8 Å². The van der Waals surface area contributed by atoms with Gasteiger partial charge in [0, 0.05) is 11.8 Å². The van der Waals surface area contributed by atoms with Crippen LogP contribution in [-0.2, 0) is 4.79 Å². The van der Waals surface area contributed by atoms with E-state index in [1.54, 1.807) is 0 Å². The molecule has 0 aromatic rings.